The first-order valence-electron chi connectivity index (χ1n) is 8.90. The van der Waals surface area contributed by atoms with Crippen LogP contribution in [0.25, 0.3) is 0 Å². The highest BCUT2D eigenvalue weighted by Crippen LogP contribution is 2.25. The quantitative estimate of drug-likeness (QED) is 0.924. The molecule has 5 nitrogen and oxygen atoms in total. The lowest BCUT2D eigenvalue weighted by molar-refractivity contribution is 0.0739. The number of piperazine rings is 1. The number of para-hydroxylation sites is 1. The van der Waals surface area contributed by atoms with Gasteiger partial charge in [0, 0.05) is 43.1 Å². The molecule has 5 heteroatoms. The fourth-order valence-electron chi connectivity index (χ4n) is 3.88. The first-order valence-corrected chi connectivity index (χ1v) is 8.90. The predicted octanol–water partition coefficient (Wildman–Crippen LogP) is 2.56. The maximum atomic E-state index is 12.9. The molecule has 1 aromatic heterocycles. The van der Waals surface area contributed by atoms with Gasteiger partial charge >= 0.3 is 0 Å². The van der Waals surface area contributed by atoms with Gasteiger partial charge in [-0.2, -0.15) is 5.10 Å². The molecule has 24 heavy (non-hydrogen) atoms. The summed E-state index contributed by atoms with van der Waals surface area (Å²) in [5.74, 6) is 0.0961. The molecule has 2 heterocycles. The van der Waals surface area contributed by atoms with E-state index in [9.17, 15) is 4.79 Å². The summed E-state index contributed by atoms with van der Waals surface area (Å²) < 4.78 is 0. The smallest absolute Gasteiger partial charge is 0.274 e. The fourth-order valence-corrected chi connectivity index (χ4v) is 3.88. The number of nitrogens with one attached hydrogen (secondary N) is 1. The van der Waals surface area contributed by atoms with Gasteiger partial charge in [-0.3, -0.25) is 9.89 Å². The molecule has 0 spiro atoms. The van der Waals surface area contributed by atoms with Crippen LogP contribution in [-0.4, -0.2) is 47.2 Å². The highest BCUT2D eigenvalue weighted by molar-refractivity contribution is 5.94. The molecule has 1 amide bonds. The average Bonchev–Trinajstić information content (AvgIpc) is 3.06. The van der Waals surface area contributed by atoms with E-state index >= 15 is 0 Å². The van der Waals surface area contributed by atoms with Crippen LogP contribution in [0.3, 0.4) is 0 Å². The Morgan fingerprint density at radius 2 is 1.83 bits per heavy atom. The van der Waals surface area contributed by atoms with Gasteiger partial charge < -0.3 is 9.80 Å². The van der Waals surface area contributed by atoms with Crippen LogP contribution in [0.4, 0.5) is 5.69 Å². The van der Waals surface area contributed by atoms with Gasteiger partial charge in [-0.05, 0) is 44.2 Å². The predicted molar refractivity (Wildman–Crippen MR) is 94.5 cm³/mol. The molecule has 0 atom stereocenters. The van der Waals surface area contributed by atoms with E-state index in [2.05, 4.69) is 46.3 Å². The molecule has 4 rings (SSSR count). The number of H-pyrrole nitrogens is 1. The summed E-state index contributed by atoms with van der Waals surface area (Å²) in [4.78, 5) is 17.2. The highest BCUT2D eigenvalue weighted by Gasteiger charge is 2.28. The molecule has 1 saturated heterocycles. The van der Waals surface area contributed by atoms with Crippen molar-refractivity contribution >= 4 is 11.6 Å². The Labute approximate surface area is 142 Å². The number of aryl methyl sites for hydroxylation is 2. The molecule has 1 fully saturated rings. The Morgan fingerprint density at radius 3 is 2.62 bits per heavy atom. The van der Waals surface area contributed by atoms with Crippen molar-refractivity contribution in [2.75, 3.05) is 31.1 Å². The van der Waals surface area contributed by atoms with Crippen LogP contribution in [0.2, 0.25) is 0 Å². The maximum Gasteiger partial charge on any atom is 0.274 e. The van der Waals surface area contributed by atoms with Crippen molar-refractivity contribution in [1.29, 1.82) is 0 Å². The second kappa shape index (κ2) is 6.30. The van der Waals surface area contributed by atoms with E-state index < -0.39 is 0 Å². The number of rotatable bonds is 2. The molecule has 1 aromatic carbocycles. The van der Waals surface area contributed by atoms with Gasteiger partial charge in [-0.25, -0.2) is 0 Å². The largest absolute Gasteiger partial charge is 0.368 e. The summed E-state index contributed by atoms with van der Waals surface area (Å²) in [6, 6.07) is 8.45. The van der Waals surface area contributed by atoms with Crippen LogP contribution in [-0.2, 0) is 12.8 Å². The summed E-state index contributed by atoms with van der Waals surface area (Å²) in [5.41, 5.74) is 5.56. The number of aromatic amines is 1. The first kappa shape index (κ1) is 15.2. The standard InChI is InChI=1S/C19H24N4O/c1-14-6-2-5-9-17(14)22-10-12-23(13-11-22)19(24)18-15-7-3-4-8-16(15)20-21-18/h2,5-6,9H,3-4,7-8,10-13H2,1H3,(H,20,21). The summed E-state index contributed by atoms with van der Waals surface area (Å²) in [6.45, 7) is 5.42. The van der Waals surface area contributed by atoms with Gasteiger partial charge in [0.1, 0.15) is 0 Å². The molecular formula is C19H24N4O. The van der Waals surface area contributed by atoms with Crippen molar-refractivity contribution in [3.8, 4) is 0 Å². The monoisotopic (exact) mass is 324 g/mol. The Kier molecular flexibility index (Phi) is 4.00. The molecule has 126 valence electrons. The minimum Gasteiger partial charge on any atom is -0.368 e. The zero-order valence-corrected chi connectivity index (χ0v) is 14.2. The van der Waals surface area contributed by atoms with Crippen molar-refractivity contribution in [2.24, 2.45) is 0 Å². The van der Waals surface area contributed by atoms with Crippen LogP contribution < -0.4 is 4.90 Å². The van der Waals surface area contributed by atoms with Gasteiger partial charge in [-0.15, -0.1) is 0 Å². The van der Waals surface area contributed by atoms with Crippen LogP contribution in [0.1, 0.15) is 40.2 Å². The zero-order valence-electron chi connectivity index (χ0n) is 14.2. The number of amides is 1. The number of carbonyl (C=O) groups excluding carboxylic acids is 1. The van der Waals surface area contributed by atoms with Crippen LogP contribution in [0.15, 0.2) is 24.3 Å². The van der Waals surface area contributed by atoms with Crippen molar-refractivity contribution in [3.05, 3.63) is 46.8 Å². The minimum atomic E-state index is 0.0961. The third kappa shape index (κ3) is 2.68. The fraction of sp³-hybridized carbons (Fsp3) is 0.474. The molecule has 2 aliphatic rings. The van der Waals surface area contributed by atoms with Gasteiger partial charge in [0.2, 0.25) is 0 Å². The molecule has 0 saturated carbocycles. The lowest BCUT2D eigenvalue weighted by Crippen LogP contribution is -2.49. The molecule has 0 unspecified atom stereocenters. The van der Waals surface area contributed by atoms with Crippen molar-refractivity contribution < 1.29 is 4.79 Å². The highest BCUT2D eigenvalue weighted by atomic mass is 16.2. The maximum absolute atomic E-state index is 12.9. The third-order valence-electron chi connectivity index (χ3n) is 5.28. The molecule has 1 aliphatic heterocycles. The number of aromatic nitrogens is 2. The van der Waals surface area contributed by atoms with E-state index in [1.807, 2.05) is 4.90 Å². The van der Waals surface area contributed by atoms with Gasteiger partial charge in [0.25, 0.3) is 5.91 Å². The lowest BCUT2D eigenvalue weighted by atomic mass is 9.95. The van der Waals surface area contributed by atoms with Crippen LogP contribution in [0, 0.1) is 6.92 Å². The summed E-state index contributed by atoms with van der Waals surface area (Å²) in [7, 11) is 0. The number of benzene rings is 1. The number of anilines is 1. The third-order valence-corrected chi connectivity index (χ3v) is 5.28. The zero-order chi connectivity index (χ0) is 16.5. The van der Waals surface area contributed by atoms with Crippen molar-refractivity contribution in [1.82, 2.24) is 15.1 Å². The Morgan fingerprint density at radius 1 is 1.08 bits per heavy atom. The van der Waals surface area contributed by atoms with E-state index in [1.165, 1.54) is 23.4 Å². The number of carbonyl (C=O) groups is 1. The Balaban J connectivity index is 1.45. The number of hydrogen-bond acceptors (Lipinski definition) is 3. The van der Waals surface area contributed by atoms with Crippen LogP contribution >= 0.6 is 0 Å². The second-order valence-corrected chi connectivity index (χ2v) is 6.80. The molecule has 1 N–H and O–H groups in total. The second-order valence-electron chi connectivity index (χ2n) is 6.80. The number of hydrogen-bond donors (Lipinski definition) is 1. The average molecular weight is 324 g/mol. The van der Waals surface area contributed by atoms with Gasteiger partial charge in [0.15, 0.2) is 5.69 Å². The van der Waals surface area contributed by atoms with E-state index in [-0.39, 0.29) is 5.91 Å². The van der Waals surface area contributed by atoms with E-state index in [0.717, 1.165) is 51.0 Å². The summed E-state index contributed by atoms with van der Waals surface area (Å²) in [5, 5.41) is 7.41. The van der Waals surface area contributed by atoms with Gasteiger partial charge in [0.05, 0.1) is 0 Å². The lowest BCUT2D eigenvalue weighted by Gasteiger charge is -2.36. The molecular weight excluding hydrogens is 300 g/mol. The summed E-state index contributed by atoms with van der Waals surface area (Å²) in [6.07, 6.45) is 4.36. The van der Waals surface area contributed by atoms with Gasteiger partial charge in [-0.1, -0.05) is 18.2 Å². The van der Waals surface area contributed by atoms with E-state index in [4.69, 9.17) is 0 Å². The summed E-state index contributed by atoms with van der Waals surface area (Å²) >= 11 is 0. The topological polar surface area (TPSA) is 52.2 Å². The first-order chi connectivity index (χ1) is 11.7. The van der Waals surface area contributed by atoms with Crippen molar-refractivity contribution in [3.63, 3.8) is 0 Å². The SMILES string of the molecule is Cc1ccccc1N1CCN(C(=O)c2n[nH]c3c2CCCC3)CC1. The number of fused-ring (bicyclic) bond motifs is 1. The minimum absolute atomic E-state index is 0.0961. The Bertz CT molecular complexity index is 744. The molecule has 0 bridgehead atoms. The molecule has 1 aliphatic carbocycles. The number of nitrogens with zero attached hydrogens (tertiary/aromatic N) is 3. The van der Waals surface area contributed by atoms with E-state index in [1.54, 1.807) is 0 Å². The molecule has 0 radical (unpaired) electrons. The normalized spacial score (nSPS) is 17.7. The van der Waals surface area contributed by atoms with Crippen LogP contribution in [0.5, 0.6) is 0 Å². The van der Waals surface area contributed by atoms with E-state index in [0.29, 0.717) is 5.69 Å². The molecule has 2 aromatic rings. The van der Waals surface area contributed by atoms with Crippen molar-refractivity contribution in [2.45, 2.75) is 32.6 Å². The Hall–Kier alpha value is -2.30.